The first-order valence-corrected chi connectivity index (χ1v) is 10.5. The molecule has 0 saturated carbocycles. The van der Waals surface area contributed by atoms with Gasteiger partial charge in [0, 0.05) is 24.4 Å². The molecule has 0 aliphatic heterocycles. The van der Waals surface area contributed by atoms with Gasteiger partial charge in [0.2, 0.25) is 0 Å². The predicted octanol–water partition coefficient (Wildman–Crippen LogP) is 4.33. The Morgan fingerprint density at radius 3 is 2.79 bits per heavy atom. The number of halogens is 1. The summed E-state index contributed by atoms with van der Waals surface area (Å²) in [5.74, 6) is 1.82. The number of aromatic nitrogens is 3. The normalized spacial score (nSPS) is 12.3. The van der Waals surface area contributed by atoms with Crippen molar-refractivity contribution in [3.05, 3.63) is 69.9 Å². The van der Waals surface area contributed by atoms with Gasteiger partial charge in [0.25, 0.3) is 0 Å². The minimum atomic E-state index is 0. The highest BCUT2D eigenvalue weighted by atomic mass is 127. The smallest absolute Gasteiger partial charge is 0.192 e. The highest BCUT2D eigenvalue weighted by Gasteiger charge is 2.10. The van der Waals surface area contributed by atoms with Crippen LogP contribution in [0.1, 0.15) is 41.7 Å². The number of benzene rings is 1. The topological polar surface area (TPSA) is 67.1 Å². The largest absolute Gasteiger partial charge is 0.355 e. The zero-order valence-corrected chi connectivity index (χ0v) is 20.3. The zero-order valence-electron chi connectivity index (χ0n) is 17.1. The Balaban J connectivity index is 0.00000300. The molecule has 0 amide bonds. The third kappa shape index (κ3) is 6.81. The van der Waals surface area contributed by atoms with Gasteiger partial charge in [-0.2, -0.15) is 0 Å². The first-order chi connectivity index (χ1) is 13.7. The SMILES string of the molecule is CCc1nncn1CCNC(=NCc1cccs1)NC(C)c1ccccc1C.I. The number of hydrogen-bond acceptors (Lipinski definition) is 4. The lowest BCUT2D eigenvalue weighted by Gasteiger charge is -2.20. The summed E-state index contributed by atoms with van der Waals surface area (Å²) in [7, 11) is 0. The minimum absolute atomic E-state index is 0. The summed E-state index contributed by atoms with van der Waals surface area (Å²) in [4.78, 5) is 6.03. The lowest BCUT2D eigenvalue weighted by Crippen LogP contribution is -2.40. The fourth-order valence-electron chi connectivity index (χ4n) is 3.10. The van der Waals surface area contributed by atoms with Crippen LogP contribution in [-0.2, 0) is 19.5 Å². The molecule has 2 heterocycles. The molecule has 0 saturated heterocycles. The molecule has 0 spiro atoms. The summed E-state index contributed by atoms with van der Waals surface area (Å²) in [6.45, 7) is 8.62. The van der Waals surface area contributed by atoms with Gasteiger partial charge in [-0.25, -0.2) is 4.99 Å². The van der Waals surface area contributed by atoms with Gasteiger partial charge in [0.1, 0.15) is 12.2 Å². The van der Waals surface area contributed by atoms with Crippen LogP contribution in [0, 0.1) is 6.92 Å². The standard InChI is InChI=1S/C21H28N6S.HI/c1-4-20-26-24-15-27(20)12-11-22-21(23-14-18-9-7-13-28-18)25-17(3)19-10-6-5-8-16(19)2;/h5-10,13,15,17H,4,11-12,14H2,1-3H3,(H2,22,23,25);1H. The number of guanidine groups is 1. The summed E-state index contributed by atoms with van der Waals surface area (Å²) in [6, 6.07) is 12.8. The first kappa shape index (κ1) is 23.3. The van der Waals surface area contributed by atoms with E-state index in [0.717, 1.165) is 31.3 Å². The number of hydrogen-bond donors (Lipinski definition) is 2. The van der Waals surface area contributed by atoms with Crippen molar-refractivity contribution in [1.82, 2.24) is 25.4 Å². The van der Waals surface area contributed by atoms with Crippen LogP contribution in [0.15, 0.2) is 53.1 Å². The highest BCUT2D eigenvalue weighted by molar-refractivity contribution is 14.0. The van der Waals surface area contributed by atoms with E-state index in [-0.39, 0.29) is 30.0 Å². The second-order valence-corrected chi connectivity index (χ2v) is 7.72. The van der Waals surface area contributed by atoms with Crippen LogP contribution in [-0.4, -0.2) is 27.3 Å². The summed E-state index contributed by atoms with van der Waals surface area (Å²) >= 11 is 1.73. The molecule has 8 heteroatoms. The Kier molecular flexibility index (Phi) is 9.59. The van der Waals surface area contributed by atoms with Gasteiger partial charge in [0.15, 0.2) is 5.96 Å². The Bertz CT molecular complexity index is 890. The number of aryl methyl sites for hydroxylation is 2. The molecule has 2 aromatic heterocycles. The molecule has 0 aliphatic rings. The van der Waals surface area contributed by atoms with E-state index in [9.17, 15) is 0 Å². The van der Waals surface area contributed by atoms with Gasteiger partial charge in [-0.15, -0.1) is 45.5 Å². The van der Waals surface area contributed by atoms with Gasteiger partial charge < -0.3 is 15.2 Å². The molecule has 1 atom stereocenters. The van der Waals surface area contributed by atoms with Gasteiger partial charge in [0.05, 0.1) is 12.6 Å². The van der Waals surface area contributed by atoms with Gasteiger partial charge >= 0.3 is 0 Å². The van der Waals surface area contributed by atoms with E-state index in [0.29, 0.717) is 6.54 Å². The van der Waals surface area contributed by atoms with Crippen molar-refractivity contribution in [1.29, 1.82) is 0 Å². The van der Waals surface area contributed by atoms with E-state index in [1.54, 1.807) is 17.7 Å². The van der Waals surface area contributed by atoms with Gasteiger partial charge in [-0.1, -0.05) is 37.3 Å². The van der Waals surface area contributed by atoms with Crippen LogP contribution in [0.4, 0.5) is 0 Å². The number of nitrogens with zero attached hydrogens (tertiary/aromatic N) is 4. The van der Waals surface area contributed by atoms with Crippen molar-refractivity contribution in [3.8, 4) is 0 Å². The van der Waals surface area contributed by atoms with E-state index in [1.165, 1.54) is 16.0 Å². The quantitative estimate of drug-likeness (QED) is 0.262. The number of rotatable bonds is 8. The molecule has 1 unspecified atom stereocenters. The van der Waals surface area contributed by atoms with Crippen LogP contribution in [0.2, 0.25) is 0 Å². The molecule has 0 aliphatic carbocycles. The van der Waals surface area contributed by atoms with E-state index in [4.69, 9.17) is 4.99 Å². The molecule has 0 bridgehead atoms. The Hall–Kier alpha value is -1.94. The molecule has 0 radical (unpaired) electrons. The summed E-state index contributed by atoms with van der Waals surface area (Å²) < 4.78 is 2.08. The van der Waals surface area contributed by atoms with E-state index < -0.39 is 0 Å². The van der Waals surface area contributed by atoms with Crippen LogP contribution < -0.4 is 10.6 Å². The molecular formula is C21H29IN6S. The summed E-state index contributed by atoms with van der Waals surface area (Å²) in [6.07, 6.45) is 2.66. The van der Waals surface area contributed by atoms with Crippen LogP contribution >= 0.6 is 35.3 Å². The molecule has 29 heavy (non-hydrogen) atoms. The summed E-state index contributed by atoms with van der Waals surface area (Å²) in [5, 5.41) is 17.2. The lowest BCUT2D eigenvalue weighted by molar-refractivity contribution is 0.618. The van der Waals surface area contributed by atoms with Gasteiger partial charge in [-0.05, 0) is 36.4 Å². The van der Waals surface area contributed by atoms with Gasteiger partial charge in [-0.3, -0.25) is 0 Å². The molecule has 3 rings (SSSR count). The summed E-state index contributed by atoms with van der Waals surface area (Å²) in [5.41, 5.74) is 2.55. The predicted molar refractivity (Wildman–Crippen MR) is 131 cm³/mol. The van der Waals surface area contributed by atoms with Crippen molar-refractivity contribution in [2.24, 2.45) is 4.99 Å². The highest BCUT2D eigenvalue weighted by Crippen LogP contribution is 2.16. The zero-order chi connectivity index (χ0) is 19.8. The maximum Gasteiger partial charge on any atom is 0.192 e. The van der Waals surface area contributed by atoms with Crippen molar-refractivity contribution in [2.75, 3.05) is 6.54 Å². The third-order valence-electron chi connectivity index (χ3n) is 4.64. The van der Waals surface area contributed by atoms with E-state index >= 15 is 0 Å². The maximum absolute atomic E-state index is 4.79. The third-order valence-corrected chi connectivity index (χ3v) is 5.50. The van der Waals surface area contributed by atoms with E-state index in [1.807, 2.05) is 0 Å². The molecule has 6 nitrogen and oxygen atoms in total. The molecule has 0 fully saturated rings. The van der Waals surface area contributed by atoms with Crippen molar-refractivity contribution in [3.63, 3.8) is 0 Å². The van der Waals surface area contributed by atoms with E-state index in [2.05, 4.69) is 87.9 Å². The Labute approximate surface area is 193 Å². The minimum Gasteiger partial charge on any atom is -0.355 e. The monoisotopic (exact) mass is 524 g/mol. The maximum atomic E-state index is 4.79. The second-order valence-electron chi connectivity index (χ2n) is 6.69. The molecular weight excluding hydrogens is 495 g/mol. The average molecular weight is 524 g/mol. The molecule has 2 N–H and O–H groups in total. The first-order valence-electron chi connectivity index (χ1n) is 9.66. The van der Waals surface area contributed by atoms with Crippen molar-refractivity contribution in [2.45, 2.75) is 46.3 Å². The molecule has 156 valence electrons. The Morgan fingerprint density at radius 2 is 2.07 bits per heavy atom. The van der Waals surface area contributed by atoms with Crippen molar-refractivity contribution < 1.29 is 0 Å². The molecule has 3 aromatic rings. The lowest BCUT2D eigenvalue weighted by atomic mass is 10.0. The fraction of sp³-hybridized carbons (Fsp3) is 0.381. The average Bonchev–Trinajstić information content (AvgIpc) is 3.37. The fourth-order valence-corrected chi connectivity index (χ4v) is 3.73. The molecule has 1 aromatic carbocycles. The second kappa shape index (κ2) is 11.9. The number of thiophene rings is 1. The Morgan fingerprint density at radius 1 is 1.24 bits per heavy atom. The van der Waals surface area contributed by atoms with Crippen molar-refractivity contribution >= 4 is 41.3 Å². The van der Waals surface area contributed by atoms with Crippen LogP contribution in [0.5, 0.6) is 0 Å². The van der Waals surface area contributed by atoms with Crippen LogP contribution in [0.3, 0.4) is 0 Å². The number of aliphatic imine (C=N–C) groups is 1. The number of nitrogens with one attached hydrogen (secondary N) is 2. The van der Waals surface area contributed by atoms with Crippen LogP contribution in [0.25, 0.3) is 0 Å².